The van der Waals surface area contributed by atoms with Crippen molar-refractivity contribution in [3.63, 3.8) is 0 Å². The number of unbranched alkanes of at least 4 members (excludes halogenated alkanes) is 6. The van der Waals surface area contributed by atoms with Gasteiger partial charge in [-0.1, -0.05) is 71.4 Å². The Morgan fingerprint density at radius 3 is 2.00 bits per heavy atom. The van der Waals surface area contributed by atoms with Crippen molar-refractivity contribution >= 4 is 0 Å². The molecule has 0 bridgehead atoms. The van der Waals surface area contributed by atoms with Gasteiger partial charge in [0.2, 0.25) is 0 Å². The first-order valence-corrected chi connectivity index (χ1v) is 7.33. The van der Waals surface area contributed by atoms with Crippen molar-refractivity contribution in [3.05, 3.63) is 12.2 Å². The zero-order chi connectivity index (χ0) is 12.2. The van der Waals surface area contributed by atoms with Crippen LogP contribution in [-0.2, 0) is 0 Å². The normalized spacial score (nSPS) is 11.0. The second-order valence-electron chi connectivity index (χ2n) is 5.55. The Morgan fingerprint density at radius 2 is 1.44 bits per heavy atom. The Hall–Kier alpha value is -0.260. The molecular weight excluding hydrogens is 192 g/mol. The first-order valence-electron chi connectivity index (χ1n) is 7.33. The fourth-order valence-electron chi connectivity index (χ4n) is 1.95. The van der Waals surface area contributed by atoms with Gasteiger partial charge in [0.15, 0.2) is 0 Å². The molecule has 0 heterocycles. The second-order valence-corrected chi connectivity index (χ2v) is 5.55. The average molecular weight is 224 g/mol. The summed E-state index contributed by atoms with van der Waals surface area (Å²) in [7, 11) is 0. The van der Waals surface area contributed by atoms with Crippen molar-refractivity contribution in [2.75, 3.05) is 0 Å². The van der Waals surface area contributed by atoms with Gasteiger partial charge in [0.25, 0.3) is 0 Å². The second kappa shape index (κ2) is 11.2. The number of rotatable bonds is 11. The van der Waals surface area contributed by atoms with Crippen molar-refractivity contribution in [2.24, 2.45) is 5.92 Å². The molecule has 16 heavy (non-hydrogen) atoms. The third-order valence-electron chi connectivity index (χ3n) is 3.21. The molecule has 0 amide bonds. The molecule has 0 aliphatic rings. The van der Waals surface area contributed by atoms with Gasteiger partial charge in [-0.05, 0) is 31.6 Å². The number of allylic oxidation sites excluding steroid dienone is 1. The van der Waals surface area contributed by atoms with Gasteiger partial charge in [0.1, 0.15) is 0 Å². The molecule has 0 aromatic carbocycles. The molecule has 0 aromatic heterocycles. The van der Waals surface area contributed by atoms with E-state index in [4.69, 9.17) is 0 Å². The van der Waals surface area contributed by atoms with E-state index < -0.39 is 0 Å². The molecule has 0 N–H and O–H groups in total. The lowest BCUT2D eigenvalue weighted by Crippen LogP contribution is -1.90. The van der Waals surface area contributed by atoms with E-state index in [2.05, 4.69) is 27.4 Å². The van der Waals surface area contributed by atoms with Gasteiger partial charge in [0, 0.05) is 0 Å². The standard InChI is InChI=1S/C16H32/c1-5-6-7-8-9-10-11-12-16(4)14-13-15(2)3/h15H,4-14H2,1-3H3. The smallest absolute Gasteiger partial charge is 0.0321 e. The van der Waals surface area contributed by atoms with E-state index in [1.54, 1.807) is 0 Å². The van der Waals surface area contributed by atoms with Gasteiger partial charge in [-0.2, -0.15) is 0 Å². The summed E-state index contributed by atoms with van der Waals surface area (Å²) < 4.78 is 0. The van der Waals surface area contributed by atoms with Crippen LogP contribution >= 0.6 is 0 Å². The Bertz CT molecular complexity index is 155. The minimum Gasteiger partial charge on any atom is -0.0999 e. The molecule has 0 fully saturated rings. The first kappa shape index (κ1) is 15.7. The summed E-state index contributed by atoms with van der Waals surface area (Å²) in [6, 6.07) is 0. The van der Waals surface area contributed by atoms with Crippen molar-refractivity contribution < 1.29 is 0 Å². The van der Waals surface area contributed by atoms with Crippen LogP contribution in [0.25, 0.3) is 0 Å². The van der Waals surface area contributed by atoms with E-state index in [9.17, 15) is 0 Å². The van der Waals surface area contributed by atoms with E-state index in [1.165, 1.54) is 69.8 Å². The van der Waals surface area contributed by atoms with Crippen LogP contribution in [0.1, 0.15) is 85.0 Å². The van der Waals surface area contributed by atoms with E-state index in [-0.39, 0.29) is 0 Å². The summed E-state index contributed by atoms with van der Waals surface area (Å²) in [4.78, 5) is 0. The molecule has 0 aromatic rings. The summed E-state index contributed by atoms with van der Waals surface area (Å²) >= 11 is 0. The molecule has 0 unspecified atom stereocenters. The third-order valence-corrected chi connectivity index (χ3v) is 3.21. The molecule has 0 spiro atoms. The lowest BCUT2D eigenvalue weighted by molar-refractivity contribution is 0.559. The van der Waals surface area contributed by atoms with Gasteiger partial charge in [-0.25, -0.2) is 0 Å². The molecular formula is C16H32. The highest BCUT2D eigenvalue weighted by Gasteiger charge is 1.98. The molecule has 0 saturated heterocycles. The van der Waals surface area contributed by atoms with Crippen LogP contribution in [0.5, 0.6) is 0 Å². The van der Waals surface area contributed by atoms with Crippen LogP contribution in [0, 0.1) is 5.92 Å². The first-order chi connectivity index (χ1) is 7.66. The molecule has 0 rings (SSSR count). The van der Waals surface area contributed by atoms with Crippen molar-refractivity contribution in [1.82, 2.24) is 0 Å². The summed E-state index contributed by atoms with van der Waals surface area (Å²) in [5.74, 6) is 0.825. The largest absolute Gasteiger partial charge is 0.0999 e. The highest BCUT2D eigenvalue weighted by molar-refractivity contribution is 4.93. The van der Waals surface area contributed by atoms with Crippen LogP contribution in [0.3, 0.4) is 0 Å². The summed E-state index contributed by atoms with van der Waals surface area (Å²) in [5, 5.41) is 0. The molecule has 0 radical (unpaired) electrons. The lowest BCUT2D eigenvalue weighted by Gasteiger charge is -2.07. The number of hydrogen-bond donors (Lipinski definition) is 0. The molecule has 0 saturated carbocycles. The van der Waals surface area contributed by atoms with Gasteiger partial charge in [-0.3, -0.25) is 0 Å². The maximum atomic E-state index is 4.17. The monoisotopic (exact) mass is 224 g/mol. The van der Waals surface area contributed by atoms with E-state index >= 15 is 0 Å². The van der Waals surface area contributed by atoms with E-state index in [0.29, 0.717) is 0 Å². The Morgan fingerprint density at radius 1 is 0.875 bits per heavy atom. The lowest BCUT2D eigenvalue weighted by atomic mass is 9.99. The van der Waals surface area contributed by atoms with Gasteiger partial charge < -0.3 is 0 Å². The summed E-state index contributed by atoms with van der Waals surface area (Å²) in [5.41, 5.74) is 1.47. The van der Waals surface area contributed by atoms with Crippen LogP contribution < -0.4 is 0 Å². The molecule has 0 atom stereocenters. The van der Waals surface area contributed by atoms with Crippen LogP contribution in [0.2, 0.25) is 0 Å². The minimum absolute atomic E-state index is 0.825. The maximum Gasteiger partial charge on any atom is -0.0321 e. The van der Waals surface area contributed by atoms with Crippen LogP contribution in [0.4, 0.5) is 0 Å². The summed E-state index contributed by atoms with van der Waals surface area (Å²) in [6.07, 6.45) is 13.7. The van der Waals surface area contributed by atoms with Crippen molar-refractivity contribution in [2.45, 2.75) is 85.0 Å². The predicted octanol–water partition coefficient (Wildman–Crippen LogP) is 6.12. The van der Waals surface area contributed by atoms with E-state index in [0.717, 1.165) is 5.92 Å². The molecule has 0 heteroatoms. The van der Waals surface area contributed by atoms with Gasteiger partial charge in [-0.15, -0.1) is 0 Å². The fourth-order valence-corrected chi connectivity index (χ4v) is 1.95. The van der Waals surface area contributed by atoms with Crippen LogP contribution in [-0.4, -0.2) is 0 Å². The molecule has 0 aliphatic heterocycles. The SMILES string of the molecule is C=C(CCCCCCCCC)CCC(C)C. The zero-order valence-corrected chi connectivity index (χ0v) is 11.9. The Kier molecular flexibility index (Phi) is 11.0. The molecule has 0 aliphatic carbocycles. The fraction of sp³-hybridized carbons (Fsp3) is 0.875. The van der Waals surface area contributed by atoms with E-state index in [1.807, 2.05) is 0 Å². The van der Waals surface area contributed by atoms with Gasteiger partial charge >= 0.3 is 0 Å². The maximum absolute atomic E-state index is 4.17. The molecule has 0 nitrogen and oxygen atoms in total. The minimum atomic E-state index is 0.825. The quantitative estimate of drug-likeness (QED) is 0.293. The van der Waals surface area contributed by atoms with Crippen LogP contribution in [0.15, 0.2) is 12.2 Å². The highest BCUT2D eigenvalue weighted by atomic mass is 14.0. The Labute approximate surface area is 104 Å². The average Bonchev–Trinajstić information content (AvgIpc) is 2.25. The van der Waals surface area contributed by atoms with Crippen molar-refractivity contribution in [1.29, 1.82) is 0 Å². The predicted molar refractivity (Wildman–Crippen MR) is 75.8 cm³/mol. The highest BCUT2D eigenvalue weighted by Crippen LogP contribution is 2.16. The van der Waals surface area contributed by atoms with Crippen molar-refractivity contribution in [3.8, 4) is 0 Å². The van der Waals surface area contributed by atoms with Gasteiger partial charge in [0.05, 0.1) is 0 Å². The zero-order valence-electron chi connectivity index (χ0n) is 11.9. The topological polar surface area (TPSA) is 0 Å². The Balaban J connectivity index is 3.15. The number of hydrogen-bond acceptors (Lipinski definition) is 0. The summed E-state index contributed by atoms with van der Waals surface area (Å²) in [6.45, 7) is 11.0. The molecule has 96 valence electrons. The third kappa shape index (κ3) is 11.8.